The second kappa shape index (κ2) is 8.62. The highest BCUT2D eigenvalue weighted by Crippen LogP contribution is 2.28. The molecule has 1 aromatic rings. The van der Waals surface area contributed by atoms with Crippen molar-refractivity contribution >= 4 is 23.7 Å². The molecule has 2 N–H and O–H groups in total. The van der Waals surface area contributed by atoms with Crippen LogP contribution < -0.4 is 5.32 Å². The number of hydrogen-bond acceptors (Lipinski definition) is 7. The summed E-state index contributed by atoms with van der Waals surface area (Å²) in [4.78, 5) is 35.4. The number of phenolic OH excluding ortho intramolecular Hbond substituents is 1. The van der Waals surface area contributed by atoms with Gasteiger partial charge in [-0.15, -0.1) is 0 Å². The third-order valence-corrected chi connectivity index (χ3v) is 2.89. The van der Waals surface area contributed by atoms with Crippen LogP contribution in [-0.2, 0) is 14.2 Å². The fraction of sp³-hybridized carbons (Fsp3) is 0.400. The Morgan fingerprint density at radius 3 is 2.35 bits per heavy atom. The lowest BCUT2D eigenvalue weighted by molar-refractivity contribution is 0.0555. The Morgan fingerprint density at radius 2 is 1.78 bits per heavy atom. The number of anilines is 1. The van der Waals surface area contributed by atoms with Crippen LogP contribution in [0.3, 0.4) is 0 Å². The van der Waals surface area contributed by atoms with Gasteiger partial charge in [-0.1, -0.05) is 13.3 Å². The Labute approximate surface area is 133 Å². The number of phenols is 1. The molecular weight excluding hydrogens is 306 g/mol. The second-order valence-electron chi connectivity index (χ2n) is 4.51. The zero-order valence-electron chi connectivity index (χ0n) is 13.2. The predicted octanol–water partition coefficient (Wildman–Crippen LogP) is 2.31. The van der Waals surface area contributed by atoms with E-state index in [1.807, 2.05) is 6.92 Å². The van der Waals surface area contributed by atoms with E-state index in [-0.39, 0.29) is 29.2 Å². The molecule has 0 unspecified atom stereocenters. The fourth-order valence-corrected chi connectivity index (χ4v) is 1.77. The number of hydrogen-bond donors (Lipinski definition) is 2. The van der Waals surface area contributed by atoms with Crippen molar-refractivity contribution in [3.05, 3.63) is 23.3 Å². The quantitative estimate of drug-likeness (QED) is 0.469. The van der Waals surface area contributed by atoms with E-state index in [4.69, 9.17) is 4.74 Å². The van der Waals surface area contributed by atoms with Gasteiger partial charge < -0.3 is 19.3 Å². The van der Waals surface area contributed by atoms with Gasteiger partial charge >= 0.3 is 18.0 Å². The Kier molecular flexibility index (Phi) is 6.85. The van der Waals surface area contributed by atoms with Crippen molar-refractivity contribution in [1.29, 1.82) is 0 Å². The van der Waals surface area contributed by atoms with Crippen LogP contribution >= 0.6 is 0 Å². The average Bonchev–Trinajstić information content (AvgIpc) is 2.53. The molecule has 0 fully saturated rings. The van der Waals surface area contributed by atoms with E-state index in [0.29, 0.717) is 6.42 Å². The average molecular weight is 325 g/mol. The Hall–Kier alpha value is -2.77. The summed E-state index contributed by atoms with van der Waals surface area (Å²) in [6.07, 6.45) is 0.717. The number of aromatic hydroxyl groups is 1. The van der Waals surface area contributed by atoms with Gasteiger partial charge in [0, 0.05) is 6.07 Å². The van der Waals surface area contributed by atoms with Crippen molar-refractivity contribution in [2.45, 2.75) is 19.8 Å². The van der Waals surface area contributed by atoms with Crippen molar-refractivity contribution in [3.63, 3.8) is 0 Å². The minimum atomic E-state index is -0.866. The minimum absolute atomic E-state index is 0.112. The van der Waals surface area contributed by atoms with Crippen LogP contribution in [0.5, 0.6) is 5.75 Å². The van der Waals surface area contributed by atoms with E-state index in [1.165, 1.54) is 0 Å². The molecule has 0 heterocycles. The maximum Gasteiger partial charge on any atom is 0.411 e. The molecule has 23 heavy (non-hydrogen) atoms. The Morgan fingerprint density at radius 1 is 1.13 bits per heavy atom. The Bertz CT molecular complexity index is 598. The molecule has 8 heteroatoms. The molecule has 1 amide bonds. The van der Waals surface area contributed by atoms with Crippen LogP contribution in [0, 0.1) is 0 Å². The number of esters is 2. The second-order valence-corrected chi connectivity index (χ2v) is 4.51. The molecule has 126 valence electrons. The number of carbonyl (C=O) groups excluding carboxylic acids is 3. The van der Waals surface area contributed by atoms with Crippen molar-refractivity contribution < 1.29 is 33.7 Å². The molecule has 8 nitrogen and oxygen atoms in total. The van der Waals surface area contributed by atoms with Crippen LogP contribution in [0.15, 0.2) is 12.1 Å². The molecule has 0 atom stereocenters. The summed E-state index contributed by atoms with van der Waals surface area (Å²) in [7, 11) is 2.25. The summed E-state index contributed by atoms with van der Waals surface area (Å²) in [5.41, 5.74) is -0.577. The molecular formula is C15H19NO7. The number of carbonyl (C=O) groups is 3. The largest absolute Gasteiger partial charge is 0.508 e. The number of rotatable bonds is 6. The summed E-state index contributed by atoms with van der Waals surface area (Å²) >= 11 is 0. The summed E-state index contributed by atoms with van der Waals surface area (Å²) in [5, 5.41) is 12.0. The molecule has 0 saturated carbocycles. The van der Waals surface area contributed by atoms with E-state index >= 15 is 0 Å². The normalized spacial score (nSPS) is 9.87. The van der Waals surface area contributed by atoms with Gasteiger partial charge in [-0.25, -0.2) is 14.4 Å². The standard InChI is InChI=1S/C15H19NO7/c1-4-5-6-23-15(20)16-11-8-9(17)7-10(13(18)21-2)12(11)14(19)22-3/h7-8,17H,4-6H2,1-3H3,(H,16,20). The zero-order chi connectivity index (χ0) is 17.4. The molecule has 0 radical (unpaired) electrons. The highest BCUT2D eigenvalue weighted by molar-refractivity contribution is 6.09. The molecule has 0 aliphatic heterocycles. The molecule has 0 aromatic heterocycles. The van der Waals surface area contributed by atoms with Gasteiger partial charge in [0.05, 0.1) is 37.6 Å². The van der Waals surface area contributed by atoms with E-state index < -0.39 is 18.0 Å². The first kappa shape index (κ1) is 18.3. The van der Waals surface area contributed by atoms with Gasteiger partial charge in [0.15, 0.2) is 0 Å². The molecule has 0 bridgehead atoms. The number of unbranched alkanes of at least 4 members (excludes halogenated alkanes) is 1. The molecule has 0 aliphatic carbocycles. The van der Waals surface area contributed by atoms with E-state index in [9.17, 15) is 19.5 Å². The first-order valence-corrected chi connectivity index (χ1v) is 6.92. The van der Waals surface area contributed by atoms with Crippen molar-refractivity contribution in [3.8, 4) is 5.75 Å². The molecule has 1 rings (SSSR count). The van der Waals surface area contributed by atoms with Crippen molar-refractivity contribution in [1.82, 2.24) is 0 Å². The Balaban J connectivity index is 3.18. The lowest BCUT2D eigenvalue weighted by Crippen LogP contribution is -2.19. The van der Waals surface area contributed by atoms with Crippen molar-refractivity contribution in [2.75, 3.05) is 26.1 Å². The summed E-state index contributed by atoms with van der Waals surface area (Å²) in [6.45, 7) is 2.15. The van der Waals surface area contributed by atoms with Gasteiger partial charge in [-0.05, 0) is 12.5 Å². The van der Waals surface area contributed by atoms with Crippen LogP contribution in [0.1, 0.15) is 40.5 Å². The predicted molar refractivity (Wildman–Crippen MR) is 80.7 cm³/mol. The van der Waals surface area contributed by atoms with Gasteiger partial charge in [0.1, 0.15) is 5.75 Å². The lowest BCUT2D eigenvalue weighted by atomic mass is 10.0. The van der Waals surface area contributed by atoms with Crippen molar-refractivity contribution in [2.24, 2.45) is 0 Å². The summed E-state index contributed by atoms with van der Waals surface area (Å²) in [6, 6.07) is 2.16. The van der Waals surface area contributed by atoms with Gasteiger partial charge in [0.2, 0.25) is 0 Å². The molecule has 0 aliphatic rings. The molecule has 1 aromatic carbocycles. The summed E-state index contributed by atoms with van der Waals surface area (Å²) < 4.78 is 14.1. The third kappa shape index (κ3) is 4.87. The maximum absolute atomic E-state index is 11.9. The SMILES string of the molecule is CCCCOC(=O)Nc1cc(O)cc(C(=O)OC)c1C(=O)OC. The van der Waals surface area contributed by atoms with Crippen LogP contribution in [0.25, 0.3) is 0 Å². The van der Waals surface area contributed by atoms with Gasteiger partial charge in [0.25, 0.3) is 0 Å². The van der Waals surface area contributed by atoms with E-state index in [0.717, 1.165) is 32.8 Å². The molecule has 0 spiro atoms. The number of nitrogens with one attached hydrogen (secondary N) is 1. The zero-order valence-corrected chi connectivity index (χ0v) is 13.2. The van der Waals surface area contributed by atoms with Crippen LogP contribution in [0.4, 0.5) is 10.5 Å². The number of ether oxygens (including phenoxy) is 3. The number of amides is 1. The van der Waals surface area contributed by atoms with Crippen LogP contribution in [-0.4, -0.2) is 44.0 Å². The maximum atomic E-state index is 11.9. The first-order valence-electron chi connectivity index (χ1n) is 6.92. The fourth-order valence-electron chi connectivity index (χ4n) is 1.77. The van der Waals surface area contributed by atoms with E-state index in [2.05, 4.69) is 14.8 Å². The highest BCUT2D eigenvalue weighted by Gasteiger charge is 2.25. The molecule has 0 saturated heterocycles. The minimum Gasteiger partial charge on any atom is -0.508 e. The highest BCUT2D eigenvalue weighted by atomic mass is 16.5. The first-order chi connectivity index (χ1) is 10.9. The lowest BCUT2D eigenvalue weighted by Gasteiger charge is -2.14. The third-order valence-electron chi connectivity index (χ3n) is 2.89. The topological polar surface area (TPSA) is 111 Å². The number of methoxy groups -OCH3 is 2. The van der Waals surface area contributed by atoms with E-state index in [1.54, 1.807) is 0 Å². The van der Waals surface area contributed by atoms with Gasteiger partial charge in [-0.2, -0.15) is 0 Å². The van der Waals surface area contributed by atoms with Gasteiger partial charge in [-0.3, -0.25) is 5.32 Å². The monoisotopic (exact) mass is 325 g/mol. The summed E-state index contributed by atoms with van der Waals surface area (Å²) in [5.74, 6) is -2.06. The smallest absolute Gasteiger partial charge is 0.411 e. The van der Waals surface area contributed by atoms with Crippen LogP contribution in [0.2, 0.25) is 0 Å². The number of benzene rings is 1.